The Kier molecular flexibility index (Phi) is 6.79. The predicted molar refractivity (Wildman–Crippen MR) is 115 cm³/mol. The largest absolute Gasteiger partial charge is 0.379 e. The minimum atomic E-state index is 0.678. The van der Waals surface area contributed by atoms with E-state index in [-0.39, 0.29) is 0 Å². The number of aromatic nitrogens is 2. The van der Waals surface area contributed by atoms with Crippen molar-refractivity contribution >= 4 is 5.96 Å². The van der Waals surface area contributed by atoms with Crippen LogP contribution in [0.3, 0.4) is 0 Å². The molecule has 4 rings (SSSR count). The lowest BCUT2D eigenvalue weighted by atomic mass is 10.1. The van der Waals surface area contributed by atoms with E-state index < -0.39 is 0 Å². The summed E-state index contributed by atoms with van der Waals surface area (Å²) in [7, 11) is 1.87. The standard InChI is InChI=1S/C22H32N6O/c1-23-22(28-9-7-20(18-28)16-26-11-13-29-14-12-26)25-15-21-24-8-10-27(21)17-19-5-3-2-4-6-19/h2-6,8,10,20H,7,9,11-18H2,1H3,(H,23,25). The molecule has 7 nitrogen and oxygen atoms in total. The third kappa shape index (κ3) is 5.36. The van der Waals surface area contributed by atoms with Crippen LogP contribution in [0.4, 0.5) is 0 Å². The lowest BCUT2D eigenvalue weighted by Gasteiger charge is -2.29. The molecule has 1 unspecified atom stereocenters. The van der Waals surface area contributed by atoms with Crippen LogP contribution in [0.1, 0.15) is 17.8 Å². The molecule has 1 N–H and O–H groups in total. The Bertz CT molecular complexity index is 784. The first-order valence-corrected chi connectivity index (χ1v) is 10.6. The third-order valence-corrected chi connectivity index (χ3v) is 5.82. The van der Waals surface area contributed by atoms with Crippen LogP contribution >= 0.6 is 0 Å². The van der Waals surface area contributed by atoms with Gasteiger partial charge >= 0.3 is 0 Å². The van der Waals surface area contributed by atoms with E-state index in [1.165, 1.54) is 18.5 Å². The topological polar surface area (TPSA) is 57.9 Å². The molecule has 2 fully saturated rings. The Morgan fingerprint density at radius 2 is 2.03 bits per heavy atom. The van der Waals surface area contributed by atoms with Gasteiger partial charge in [0.15, 0.2) is 5.96 Å². The highest BCUT2D eigenvalue weighted by Crippen LogP contribution is 2.18. The predicted octanol–water partition coefficient (Wildman–Crippen LogP) is 1.66. The number of likely N-dealkylation sites (tertiary alicyclic amines) is 1. The van der Waals surface area contributed by atoms with Crippen molar-refractivity contribution in [3.8, 4) is 0 Å². The Hall–Kier alpha value is -2.38. The molecule has 1 aromatic carbocycles. The van der Waals surface area contributed by atoms with Gasteiger partial charge in [-0.15, -0.1) is 0 Å². The number of nitrogens with one attached hydrogen (secondary N) is 1. The van der Waals surface area contributed by atoms with E-state index in [4.69, 9.17) is 4.74 Å². The average Bonchev–Trinajstić information content (AvgIpc) is 3.40. The van der Waals surface area contributed by atoms with Crippen molar-refractivity contribution in [1.82, 2.24) is 24.7 Å². The van der Waals surface area contributed by atoms with E-state index in [9.17, 15) is 0 Å². The lowest BCUT2D eigenvalue weighted by molar-refractivity contribution is 0.0315. The second kappa shape index (κ2) is 9.89. The van der Waals surface area contributed by atoms with Gasteiger partial charge in [-0.25, -0.2) is 4.98 Å². The highest BCUT2D eigenvalue weighted by Gasteiger charge is 2.27. The molecule has 156 valence electrons. The molecule has 0 bridgehead atoms. The fourth-order valence-electron chi connectivity index (χ4n) is 4.24. The summed E-state index contributed by atoms with van der Waals surface area (Å²) in [5.74, 6) is 2.70. The van der Waals surface area contributed by atoms with Crippen LogP contribution in [0.15, 0.2) is 47.7 Å². The zero-order chi connectivity index (χ0) is 19.9. The number of benzene rings is 1. The van der Waals surface area contributed by atoms with Crippen LogP contribution in [0.5, 0.6) is 0 Å². The van der Waals surface area contributed by atoms with Gasteiger partial charge in [0, 0.05) is 58.7 Å². The Balaban J connectivity index is 1.28. The van der Waals surface area contributed by atoms with Gasteiger partial charge in [-0.3, -0.25) is 9.89 Å². The van der Waals surface area contributed by atoms with Gasteiger partial charge < -0.3 is 19.5 Å². The van der Waals surface area contributed by atoms with Crippen LogP contribution in [0.25, 0.3) is 0 Å². The summed E-state index contributed by atoms with van der Waals surface area (Å²) >= 11 is 0. The molecule has 3 heterocycles. The summed E-state index contributed by atoms with van der Waals surface area (Å²) < 4.78 is 7.66. The van der Waals surface area contributed by atoms with Crippen LogP contribution in [0, 0.1) is 5.92 Å². The molecule has 0 spiro atoms. The average molecular weight is 397 g/mol. The van der Waals surface area contributed by atoms with Gasteiger partial charge in [0.25, 0.3) is 0 Å². The van der Waals surface area contributed by atoms with Gasteiger partial charge in [0.05, 0.1) is 19.8 Å². The highest BCUT2D eigenvalue weighted by atomic mass is 16.5. The molecular formula is C22H32N6O. The summed E-state index contributed by atoms with van der Waals surface area (Å²) in [5.41, 5.74) is 1.28. The number of morpholine rings is 1. The number of hydrogen-bond acceptors (Lipinski definition) is 4. The van der Waals surface area contributed by atoms with Gasteiger partial charge in [-0.1, -0.05) is 30.3 Å². The molecule has 2 saturated heterocycles. The van der Waals surface area contributed by atoms with Crippen LogP contribution in [-0.4, -0.2) is 78.3 Å². The molecule has 0 radical (unpaired) electrons. The summed E-state index contributed by atoms with van der Waals surface area (Å²) in [6, 6.07) is 10.5. The highest BCUT2D eigenvalue weighted by molar-refractivity contribution is 5.80. The maximum absolute atomic E-state index is 5.47. The molecule has 1 atom stereocenters. The molecular weight excluding hydrogens is 364 g/mol. The number of aliphatic imine (C=N–C) groups is 1. The van der Waals surface area contributed by atoms with Gasteiger partial charge in [0.2, 0.25) is 0 Å². The van der Waals surface area contributed by atoms with Crippen molar-refractivity contribution in [3.05, 3.63) is 54.1 Å². The third-order valence-electron chi connectivity index (χ3n) is 5.82. The first-order chi connectivity index (χ1) is 14.3. The van der Waals surface area contributed by atoms with E-state index in [1.807, 2.05) is 25.5 Å². The SMILES string of the molecule is CN=C(NCc1nccn1Cc1ccccc1)N1CCC(CN2CCOCC2)C1. The molecule has 1 aromatic heterocycles. The molecule has 7 heteroatoms. The van der Waals surface area contributed by atoms with Crippen molar-refractivity contribution in [2.75, 3.05) is 53.0 Å². The lowest BCUT2D eigenvalue weighted by Crippen LogP contribution is -2.42. The van der Waals surface area contributed by atoms with Gasteiger partial charge in [-0.05, 0) is 17.9 Å². The van der Waals surface area contributed by atoms with E-state index in [1.54, 1.807) is 0 Å². The smallest absolute Gasteiger partial charge is 0.194 e. The first kappa shape index (κ1) is 19.9. The summed E-state index contributed by atoms with van der Waals surface area (Å²) in [6.07, 6.45) is 5.14. The van der Waals surface area contributed by atoms with Crippen molar-refractivity contribution in [2.45, 2.75) is 19.5 Å². The van der Waals surface area contributed by atoms with Crippen molar-refractivity contribution in [3.63, 3.8) is 0 Å². The first-order valence-electron chi connectivity index (χ1n) is 10.6. The quantitative estimate of drug-likeness (QED) is 0.595. The van der Waals surface area contributed by atoms with E-state index in [2.05, 4.69) is 53.9 Å². The summed E-state index contributed by atoms with van der Waals surface area (Å²) in [4.78, 5) is 14.0. The van der Waals surface area contributed by atoms with Crippen LogP contribution in [-0.2, 0) is 17.8 Å². The fourth-order valence-corrected chi connectivity index (χ4v) is 4.24. The van der Waals surface area contributed by atoms with Gasteiger partial charge in [0.1, 0.15) is 5.82 Å². The minimum Gasteiger partial charge on any atom is -0.379 e. The normalized spacial score (nSPS) is 20.9. The zero-order valence-electron chi connectivity index (χ0n) is 17.3. The maximum Gasteiger partial charge on any atom is 0.194 e. The number of rotatable bonds is 6. The molecule has 2 aliphatic rings. The van der Waals surface area contributed by atoms with Crippen LogP contribution in [0.2, 0.25) is 0 Å². The molecule has 2 aromatic rings. The molecule has 0 amide bonds. The van der Waals surface area contributed by atoms with Crippen LogP contribution < -0.4 is 5.32 Å². The molecule has 29 heavy (non-hydrogen) atoms. The number of nitrogens with zero attached hydrogens (tertiary/aromatic N) is 5. The van der Waals surface area contributed by atoms with E-state index in [0.717, 1.165) is 57.7 Å². The van der Waals surface area contributed by atoms with Crippen molar-refractivity contribution in [2.24, 2.45) is 10.9 Å². The zero-order valence-corrected chi connectivity index (χ0v) is 17.3. The summed E-state index contributed by atoms with van der Waals surface area (Å²) in [5, 5.41) is 3.52. The van der Waals surface area contributed by atoms with Crippen molar-refractivity contribution < 1.29 is 4.74 Å². The number of hydrogen-bond donors (Lipinski definition) is 1. The van der Waals surface area contributed by atoms with Gasteiger partial charge in [-0.2, -0.15) is 0 Å². The number of ether oxygens (including phenoxy) is 1. The van der Waals surface area contributed by atoms with E-state index in [0.29, 0.717) is 12.5 Å². The second-order valence-electron chi connectivity index (χ2n) is 7.87. The fraction of sp³-hybridized carbons (Fsp3) is 0.545. The van der Waals surface area contributed by atoms with Crippen molar-refractivity contribution in [1.29, 1.82) is 0 Å². The molecule has 2 aliphatic heterocycles. The monoisotopic (exact) mass is 396 g/mol. The van der Waals surface area contributed by atoms with E-state index >= 15 is 0 Å². The molecule has 0 aliphatic carbocycles. The summed E-state index contributed by atoms with van der Waals surface area (Å²) in [6.45, 7) is 8.67. The maximum atomic E-state index is 5.47. The Labute approximate surface area is 173 Å². The molecule has 0 saturated carbocycles. The Morgan fingerprint density at radius 1 is 1.21 bits per heavy atom. The number of imidazole rings is 1. The second-order valence-corrected chi connectivity index (χ2v) is 7.87. The number of guanidine groups is 1. The Morgan fingerprint density at radius 3 is 2.83 bits per heavy atom. The minimum absolute atomic E-state index is 0.678.